The van der Waals surface area contributed by atoms with Crippen molar-refractivity contribution in [3.63, 3.8) is 0 Å². The highest BCUT2D eigenvalue weighted by Crippen LogP contribution is 2.32. The molecule has 3 heteroatoms. The predicted molar refractivity (Wildman–Crippen MR) is 80.9 cm³/mol. The van der Waals surface area contributed by atoms with Gasteiger partial charge in [-0.3, -0.25) is 0 Å². The van der Waals surface area contributed by atoms with Gasteiger partial charge in [-0.2, -0.15) is 23.5 Å². The molecule has 17 heavy (non-hydrogen) atoms. The molecule has 1 fully saturated rings. The first kappa shape index (κ1) is 13.3. The van der Waals surface area contributed by atoms with Crippen molar-refractivity contribution in [3.8, 4) is 0 Å². The lowest BCUT2D eigenvalue weighted by Gasteiger charge is -2.27. The Morgan fingerprint density at radius 2 is 2.29 bits per heavy atom. The Labute approximate surface area is 113 Å². The minimum Gasteiger partial charge on any atom is -0.323 e. The average molecular weight is 267 g/mol. The third-order valence-electron chi connectivity index (χ3n) is 3.12. The lowest BCUT2D eigenvalue weighted by molar-refractivity contribution is 0.717. The van der Waals surface area contributed by atoms with Crippen LogP contribution < -0.4 is 5.73 Å². The van der Waals surface area contributed by atoms with Gasteiger partial charge in [0, 0.05) is 28.6 Å². The summed E-state index contributed by atoms with van der Waals surface area (Å²) in [5, 5.41) is 0.589. The van der Waals surface area contributed by atoms with E-state index in [-0.39, 0.29) is 6.04 Å². The highest BCUT2D eigenvalue weighted by atomic mass is 32.2. The normalized spacial score (nSPS) is 22.4. The lowest BCUT2D eigenvalue weighted by atomic mass is 10.0. The molecule has 2 rings (SSSR count). The quantitative estimate of drug-likeness (QED) is 0.904. The van der Waals surface area contributed by atoms with E-state index in [4.69, 9.17) is 5.73 Å². The molecule has 0 radical (unpaired) electrons. The molecule has 1 aliphatic rings. The molecule has 1 saturated heterocycles. The van der Waals surface area contributed by atoms with Gasteiger partial charge >= 0.3 is 0 Å². The van der Waals surface area contributed by atoms with Gasteiger partial charge < -0.3 is 5.73 Å². The van der Waals surface area contributed by atoms with Crippen molar-refractivity contribution in [2.75, 3.05) is 17.3 Å². The second-order valence-electron chi connectivity index (χ2n) is 4.50. The monoisotopic (exact) mass is 267 g/mol. The fourth-order valence-corrected chi connectivity index (χ4v) is 4.98. The minimum absolute atomic E-state index is 0.199. The SMILES string of the molecule is CCCc1cccc(C(N)C2CSCCS2)c1. The Balaban J connectivity index is 2.06. The zero-order chi connectivity index (χ0) is 12.1. The summed E-state index contributed by atoms with van der Waals surface area (Å²) in [6, 6.07) is 9.05. The van der Waals surface area contributed by atoms with Crippen LogP contribution in [0.1, 0.15) is 30.5 Å². The van der Waals surface area contributed by atoms with Gasteiger partial charge in [-0.1, -0.05) is 37.6 Å². The van der Waals surface area contributed by atoms with Crippen molar-refractivity contribution in [2.45, 2.75) is 31.1 Å². The topological polar surface area (TPSA) is 26.0 Å². The van der Waals surface area contributed by atoms with Crippen LogP contribution in [0.15, 0.2) is 24.3 Å². The molecule has 0 spiro atoms. The summed E-state index contributed by atoms with van der Waals surface area (Å²) in [6.07, 6.45) is 2.36. The fraction of sp³-hybridized carbons (Fsp3) is 0.571. The molecule has 94 valence electrons. The Hall–Kier alpha value is -0.120. The van der Waals surface area contributed by atoms with Crippen LogP contribution in [0, 0.1) is 0 Å². The number of hydrogen-bond acceptors (Lipinski definition) is 3. The van der Waals surface area contributed by atoms with Gasteiger partial charge in [-0.05, 0) is 17.5 Å². The summed E-state index contributed by atoms with van der Waals surface area (Å²) >= 11 is 4.08. The van der Waals surface area contributed by atoms with E-state index in [0.29, 0.717) is 5.25 Å². The van der Waals surface area contributed by atoms with Gasteiger partial charge in [0.1, 0.15) is 0 Å². The maximum atomic E-state index is 6.40. The maximum absolute atomic E-state index is 6.40. The minimum atomic E-state index is 0.199. The summed E-state index contributed by atoms with van der Waals surface area (Å²) in [5.41, 5.74) is 9.14. The van der Waals surface area contributed by atoms with Gasteiger partial charge in [0.25, 0.3) is 0 Å². The Kier molecular flexibility index (Phi) is 5.26. The number of nitrogens with two attached hydrogens (primary N) is 1. The van der Waals surface area contributed by atoms with E-state index in [0.717, 1.165) is 6.42 Å². The molecule has 1 aromatic carbocycles. The number of rotatable bonds is 4. The Morgan fingerprint density at radius 3 is 3.00 bits per heavy atom. The van der Waals surface area contributed by atoms with Crippen molar-refractivity contribution in [2.24, 2.45) is 5.73 Å². The van der Waals surface area contributed by atoms with Crippen LogP contribution in [-0.2, 0) is 6.42 Å². The summed E-state index contributed by atoms with van der Waals surface area (Å²) in [5.74, 6) is 3.73. The van der Waals surface area contributed by atoms with Gasteiger partial charge in [-0.15, -0.1) is 0 Å². The zero-order valence-corrected chi connectivity index (χ0v) is 12.0. The molecular formula is C14H21NS2. The Bertz CT molecular complexity index is 348. The number of aryl methyl sites for hydroxylation is 1. The fourth-order valence-electron chi connectivity index (χ4n) is 2.17. The van der Waals surface area contributed by atoms with E-state index in [1.165, 1.54) is 34.8 Å². The van der Waals surface area contributed by atoms with Gasteiger partial charge in [0.15, 0.2) is 0 Å². The standard InChI is InChI=1S/C14H21NS2/c1-2-4-11-5-3-6-12(9-11)14(15)13-10-16-7-8-17-13/h3,5-6,9,13-14H,2,4,7-8,10,15H2,1H3. The highest BCUT2D eigenvalue weighted by Gasteiger charge is 2.22. The Morgan fingerprint density at radius 1 is 1.41 bits per heavy atom. The molecule has 1 nitrogen and oxygen atoms in total. The molecule has 2 N–H and O–H groups in total. The first-order valence-corrected chi connectivity index (χ1v) is 8.55. The van der Waals surface area contributed by atoms with Crippen LogP contribution in [-0.4, -0.2) is 22.5 Å². The molecule has 0 aromatic heterocycles. The molecule has 2 unspecified atom stereocenters. The van der Waals surface area contributed by atoms with Gasteiger partial charge in [0.05, 0.1) is 0 Å². The first-order valence-electron chi connectivity index (χ1n) is 6.35. The van der Waals surface area contributed by atoms with Crippen LogP contribution in [0.4, 0.5) is 0 Å². The van der Waals surface area contributed by atoms with Crippen molar-refractivity contribution >= 4 is 23.5 Å². The lowest BCUT2D eigenvalue weighted by Crippen LogP contribution is -2.28. The molecule has 0 saturated carbocycles. The van der Waals surface area contributed by atoms with E-state index >= 15 is 0 Å². The molecule has 1 heterocycles. The summed E-state index contributed by atoms with van der Waals surface area (Å²) in [4.78, 5) is 0. The van der Waals surface area contributed by atoms with Crippen LogP contribution in [0.5, 0.6) is 0 Å². The van der Waals surface area contributed by atoms with E-state index in [9.17, 15) is 0 Å². The zero-order valence-electron chi connectivity index (χ0n) is 10.4. The van der Waals surface area contributed by atoms with Crippen molar-refractivity contribution in [1.82, 2.24) is 0 Å². The largest absolute Gasteiger partial charge is 0.323 e. The number of thioether (sulfide) groups is 2. The molecule has 1 aromatic rings. The van der Waals surface area contributed by atoms with Crippen LogP contribution in [0.25, 0.3) is 0 Å². The van der Waals surface area contributed by atoms with Crippen molar-refractivity contribution in [3.05, 3.63) is 35.4 Å². The van der Waals surface area contributed by atoms with E-state index < -0.39 is 0 Å². The van der Waals surface area contributed by atoms with Crippen molar-refractivity contribution < 1.29 is 0 Å². The second-order valence-corrected chi connectivity index (χ2v) is 7.00. The first-order chi connectivity index (χ1) is 8.31. The highest BCUT2D eigenvalue weighted by molar-refractivity contribution is 8.06. The molecule has 0 amide bonds. The van der Waals surface area contributed by atoms with E-state index in [2.05, 4.69) is 31.2 Å². The summed E-state index contributed by atoms with van der Waals surface area (Å²) in [7, 11) is 0. The summed E-state index contributed by atoms with van der Waals surface area (Å²) < 4.78 is 0. The molecule has 1 aliphatic heterocycles. The maximum Gasteiger partial charge on any atom is 0.0423 e. The van der Waals surface area contributed by atoms with E-state index in [1.54, 1.807) is 0 Å². The van der Waals surface area contributed by atoms with Gasteiger partial charge in [0.2, 0.25) is 0 Å². The molecule has 2 atom stereocenters. The van der Waals surface area contributed by atoms with Gasteiger partial charge in [-0.25, -0.2) is 0 Å². The van der Waals surface area contributed by atoms with Crippen LogP contribution in [0.2, 0.25) is 0 Å². The molecule has 0 aliphatic carbocycles. The summed E-state index contributed by atoms with van der Waals surface area (Å²) in [6.45, 7) is 2.22. The number of hydrogen-bond donors (Lipinski definition) is 1. The van der Waals surface area contributed by atoms with Crippen LogP contribution in [0.3, 0.4) is 0 Å². The third kappa shape index (κ3) is 3.67. The predicted octanol–water partition coefficient (Wildman–Crippen LogP) is 3.49. The van der Waals surface area contributed by atoms with Crippen molar-refractivity contribution in [1.29, 1.82) is 0 Å². The molecular weight excluding hydrogens is 246 g/mol. The smallest absolute Gasteiger partial charge is 0.0423 e. The average Bonchev–Trinajstić information content (AvgIpc) is 2.40. The second kappa shape index (κ2) is 6.72. The number of benzene rings is 1. The molecule has 0 bridgehead atoms. The van der Waals surface area contributed by atoms with Crippen LogP contribution >= 0.6 is 23.5 Å². The van der Waals surface area contributed by atoms with E-state index in [1.807, 2.05) is 23.5 Å². The third-order valence-corrected chi connectivity index (χ3v) is 6.00.